The predicted octanol–water partition coefficient (Wildman–Crippen LogP) is 2.15. The molecule has 2 atom stereocenters. The summed E-state index contributed by atoms with van der Waals surface area (Å²) in [5.74, 6) is 4.35. The van der Waals surface area contributed by atoms with Gasteiger partial charge in [0.05, 0.1) is 12.1 Å². The number of hydrogen-bond acceptors (Lipinski definition) is 3. The topological polar surface area (TPSA) is 47.3 Å². The number of hydrazine groups is 1. The summed E-state index contributed by atoms with van der Waals surface area (Å²) < 4.78 is 31.9. The summed E-state index contributed by atoms with van der Waals surface area (Å²) in [7, 11) is 0. The molecule has 18 heavy (non-hydrogen) atoms. The van der Waals surface area contributed by atoms with E-state index in [-0.39, 0.29) is 12.1 Å². The highest BCUT2D eigenvalue weighted by molar-refractivity contribution is 5.19. The lowest BCUT2D eigenvalue weighted by Crippen LogP contribution is -2.46. The Bertz CT molecular complexity index is 374. The van der Waals surface area contributed by atoms with E-state index in [1.54, 1.807) is 0 Å². The molecule has 0 fully saturated rings. The van der Waals surface area contributed by atoms with E-state index in [4.69, 9.17) is 10.6 Å². The lowest BCUT2D eigenvalue weighted by molar-refractivity contribution is 0.0317. The number of benzene rings is 1. The van der Waals surface area contributed by atoms with Gasteiger partial charge in [0.2, 0.25) is 0 Å². The standard InChI is InChI=1S/C13H20F2N2O/c1-3-13(18-4-2)12(17-16)7-9-5-6-10(14)8-11(9)15/h5-6,8,12-13,17H,3-4,7,16H2,1-2H3. The van der Waals surface area contributed by atoms with Crippen molar-refractivity contribution in [3.8, 4) is 0 Å². The molecule has 1 rings (SSSR count). The molecule has 3 nitrogen and oxygen atoms in total. The van der Waals surface area contributed by atoms with Gasteiger partial charge in [-0.3, -0.25) is 11.3 Å². The van der Waals surface area contributed by atoms with Gasteiger partial charge < -0.3 is 4.74 Å². The van der Waals surface area contributed by atoms with Crippen molar-refractivity contribution >= 4 is 0 Å². The third kappa shape index (κ3) is 4.01. The first-order valence-electron chi connectivity index (χ1n) is 6.14. The van der Waals surface area contributed by atoms with E-state index >= 15 is 0 Å². The van der Waals surface area contributed by atoms with Gasteiger partial charge in [0.1, 0.15) is 11.6 Å². The molecule has 3 N–H and O–H groups in total. The molecule has 0 aliphatic carbocycles. The van der Waals surface area contributed by atoms with Crippen LogP contribution in [0.4, 0.5) is 8.78 Å². The molecule has 1 aromatic carbocycles. The monoisotopic (exact) mass is 258 g/mol. The molecule has 0 amide bonds. The van der Waals surface area contributed by atoms with Crippen LogP contribution in [0.1, 0.15) is 25.8 Å². The lowest BCUT2D eigenvalue weighted by Gasteiger charge is -2.25. The molecule has 5 heteroatoms. The van der Waals surface area contributed by atoms with Gasteiger partial charge in [0.15, 0.2) is 0 Å². The van der Waals surface area contributed by atoms with E-state index in [0.29, 0.717) is 18.6 Å². The molecule has 1 aromatic rings. The van der Waals surface area contributed by atoms with Gasteiger partial charge >= 0.3 is 0 Å². The van der Waals surface area contributed by atoms with Crippen molar-refractivity contribution in [3.63, 3.8) is 0 Å². The summed E-state index contributed by atoms with van der Waals surface area (Å²) in [6.07, 6.45) is 1.04. The van der Waals surface area contributed by atoms with Crippen LogP contribution in [0.3, 0.4) is 0 Å². The minimum absolute atomic E-state index is 0.0931. The van der Waals surface area contributed by atoms with E-state index in [2.05, 4.69) is 5.43 Å². The van der Waals surface area contributed by atoms with E-state index < -0.39 is 11.6 Å². The smallest absolute Gasteiger partial charge is 0.129 e. The molecule has 0 aromatic heterocycles. The van der Waals surface area contributed by atoms with Gasteiger partial charge in [-0.1, -0.05) is 13.0 Å². The van der Waals surface area contributed by atoms with Gasteiger partial charge in [0, 0.05) is 12.7 Å². The van der Waals surface area contributed by atoms with Gasteiger partial charge in [0.25, 0.3) is 0 Å². The lowest BCUT2D eigenvalue weighted by atomic mass is 9.99. The van der Waals surface area contributed by atoms with Crippen LogP contribution in [-0.2, 0) is 11.2 Å². The summed E-state index contributed by atoms with van der Waals surface area (Å²) in [5, 5.41) is 0. The van der Waals surface area contributed by atoms with E-state index in [1.165, 1.54) is 12.1 Å². The summed E-state index contributed by atoms with van der Waals surface area (Å²) >= 11 is 0. The maximum Gasteiger partial charge on any atom is 0.129 e. The molecule has 0 radical (unpaired) electrons. The van der Waals surface area contributed by atoms with Crippen LogP contribution in [0.5, 0.6) is 0 Å². The number of hydrogen-bond donors (Lipinski definition) is 2. The Kier molecular flexibility index (Phi) is 6.18. The molecule has 102 valence electrons. The molecule has 0 saturated heterocycles. The van der Waals surface area contributed by atoms with Crippen LogP contribution in [0.2, 0.25) is 0 Å². The van der Waals surface area contributed by atoms with Crippen LogP contribution in [-0.4, -0.2) is 18.8 Å². The molecular formula is C13H20F2N2O. The average Bonchev–Trinajstić information content (AvgIpc) is 2.36. The van der Waals surface area contributed by atoms with Crippen molar-refractivity contribution in [1.29, 1.82) is 0 Å². The molecular weight excluding hydrogens is 238 g/mol. The van der Waals surface area contributed by atoms with E-state index in [1.807, 2.05) is 13.8 Å². The van der Waals surface area contributed by atoms with Crippen LogP contribution < -0.4 is 11.3 Å². The number of nitrogens with two attached hydrogens (primary N) is 1. The molecule has 0 heterocycles. The average molecular weight is 258 g/mol. The van der Waals surface area contributed by atoms with E-state index in [0.717, 1.165) is 12.5 Å². The number of halogens is 2. The summed E-state index contributed by atoms with van der Waals surface area (Å²) in [6.45, 7) is 4.45. The maximum absolute atomic E-state index is 13.6. The number of nitrogens with one attached hydrogen (secondary N) is 1. The van der Waals surface area contributed by atoms with Gasteiger partial charge in [-0.15, -0.1) is 0 Å². The van der Waals surface area contributed by atoms with Gasteiger partial charge in [-0.2, -0.15) is 0 Å². The van der Waals surface area contributed by atoms with Crippen molar-refractivity contribution < 1.29 is 13.5 Å². The first kappa shape index (κ1) is 15.0. The van der Waals surface area contributed by atoms with Crippen LogP contribution in [0, 0.1) is 11.6 Å². The SMILES string of the molecule is CCOC(CC)C(Cc1ccc(F)cc1F)NN. The summed E-state index contributed by atoms with van der Waals surface area (Å²) in [4.78, 5) is 0. The molecule has 0 aliphatic heterocycles. The van der Waals surface area contributed by atoms with Gasteiger partial charge in [-0.05, 0) is 31.4 Å². The van der Waals surface area contributed by atoms with Crippen molar-refractivity contribution in [2.75, 3.05) is 6.61 Å². The zero-order valence-corrected chi connectivity index (χ0v) is 10.7. The van der Waals surface area contributed by atoms with Crippen LogP contribution in [0.25, 0.3) is 0 Å². The zero-order valence-electron chi connectivity index (χ0n) is 10.7. The fraction of sp³-hybridized carbons (Fsp3) is 0.538. The van der Waals surface area contributed by atoms with E-state index in [9.17, 15) is 8.78 Å². The Labute approximate surface area is 106 Å². The summed E-state index contributed by atoms with van der Waals surface area (Å²) in [5.41, 5.74) is 3.07. The molecule has 0 bridgehead atoms. The van der Waals surface area contributed by atoms with Crippen LogP contribution in [0.15, 0.2) is 18.2 Å². The quantitative estimate of drug-likeness (QED) is 0.582. The minimum atomic E-state index is -0.578. The normalized spacial score (nSPS) is 14.5. The fourth-order valence-electron chi connectivity index (χ4n) is 1.95. The largest absolute Gasteiger partial charge is 0.377 e. The van der Waals surface area contributed by atoms with Crippen molar-refractivity contribution in [1.82, 2.24) is 5.43 Å². The third-order valence-electron chi connectivity index (χ3n) is 2.90. The molecule has 0 saturated carbocycles. The zero-order chi connectivity index (χ0) is 13.5. The Morgan fingerprint density at radius 2 is 2.06 bits per heavy atom. The second-order valence-electron chi connectivity index (χ2n) is 4.12. The second kappa shape index (κ2) is 7.41. The molecule has 2 unspecified atom stereocenters. The summed E-state index contributed by atoms with van der Waals surface area (Å²) in [6, 6.07) is 3.36. The Morgan fingerprint density at radius 3 is 2.56 bits per heavy atom. The Balaban J connectivity index is 2.78. The van der Waals surface area contributed by atoms with Gasteiger partial charge in [-0.25, -0.2) is 8.78 Å². The molecule has 0 aliphatic rings. The first-order valence-corrected chi connectivity index (χ1v) is 6.14. The number of rotatable bonds is 7. The fourth-order valence-corrected chi connectivity index (χ4v) is 1.95. The predicted molar refractivity (Wildman–Crippen MR) is 66.9 cm³/mol. The Morgan fingerprint density at radius 1 is 1.33 bits per heavy atom. The van der Waals surface area contributed by atoms with Crippen LogP contribution >= 0.6 is 0 Å². The highest BCUT2D eigenvalue weighted by atomic mass is 19.1. The Hall–Kier alpha value is -1.04. The number of ether oxygens (including phenoxy) is 1. The minimum Gasteiger partial charge on any atom is -0.377 e. The first-order chi connectivity index (χ1) is 8.62. The van der Waals surface area contributed by atoms with Crippen molar-refractivity contribution in [2.24, 2.45) is 5.84 Å². The van der Waals surface area contributed by atoms with Crippen molar-refractivity contribution in [2.45, 2.75) is 38.8 Å². The second-order valence-corrected chi connectivity index (χ2v) is 4.12. The molecule has 0 spiro atoms. The third-order valence-corrected chi connectivity index (χ3v) is 2.90. The highest BCUT2D eigenvalue weighted by Gasteiger charge is 2.20. The highest BCUT2D eigenvalue weighted by Crippen LogP contribution is 2.15. The maximum atomic E-state index is 13.6. The van der Waals surface area contributed by atoms with Crippen molar-refractivity contribution in [3.05, 3.63) is 35.4 Å².